The van der Waals surface area contributed by atoms with Gasteiger partial charge in [-0.15, -0.1) is 0 Å². The maximum atomic E-state index is 6.49. The van der Waals surface area contributed by atoms with Gasteiger partial charge in [0.15, 0.2) is 17.5 Å². The predicted octanol–water partition coefficient (Wildman–Crippen LogP) is 9.50. The van der Waals surface area contributed by atoms with E-state index in [1.165, 1.54) is 0 Å². The van der Waals surface area contributed by atoms with E-state index in [0.29, 0.717) is 17.5 Å². The molecule has 0 atom stereocenters. The molecule has 0 unspecified atom stereocenters. The lowest BCUT2D eigenvalue weighted by atomic mass is 9.97. The molecule has 0 aliphatic carbocycles. The minimum Gasteiger partial charge on any atom is -0.455 e. The van der Waals surface area contributed by atoms with Crippen LogP contribution in [0.25, 0.3) is 78.4 Å². The number of fused-ring (bicyclic) bond motifs is 3. The van der Waals surface area contributed by atoms with E-state index in [9.17, 15) is 0 Å². The van der Waals surface area contributed by atoms with Gasteiger partial charge in [0.25, 0.3) is 0 Å². The van der Waals surface area contributed by atoms with Gasteiger partial charge >= 0.3 is 0 Å². The molecule has 0 radical (unpaired) electrons. The van der Waals surface area contributed by atoms with Crippen molar-refractivity contribution in [1.29, 1.82) is 0 Å². The molecule has 43 heavy (non-hydrogen) atoms. The first-order chi connectivity index (χ1) is 21.3. The zero-order valence-corrected chi connectivity index (χ0v) is 23.1. The van der Waals surface area contributed by atoms with Crippen LogP contribution in [-0.4, -0.2) is 19.9 Å². The Morgan fingerprint density at radius 3 is 1.65 bits per heavy atom. The summed E-state index contributed by atoms with van der Waals surface area (Å²) in [4.78, 5) is 19.2. The van der Waals surface area contributed by atoms with Gasteiger partial charge in [0.05, 0.1) is 5.56 Å². The third-order valence-electron chi connectivity index (χ3n) is 7.63. The molecular formula is C38H24N4O. The molecule has 0 N–H and O–H groups in total. The summed E-state index contributed by atoms with van der Waals surface area (Å²) < 4.78 is 6.49. The molecule has 202 valence electrons. The van der Waals surface area contributed by atoms with Gasteiger partial charge in [-0.05, 0) is 46.5 Å². The summed E-state index contributed by atoms with van der Waals surface area (Å²) in [5.41, 5.74) is 8.57. The van der Waals surface area contributed by atoms with Crippen LogP contribution in [0.1, 0.15) is 0 Å². The first-order valence-electron chi connectivity index (χ1n) is 14.1. The van der Waals surface area contributed by atoms with Gasteiger partial charge in [-0.2, -0.15) is 0 Å². The molecule has 8 aromatic rings. The first-order valence-corrected chi connectivity index (χ1v) is 14.1. The van der Waals surface area contributed by atoms with Crippen molar-refractivity contribution in [3.8, 4) is 56.4 Å². The maximum Gasteiger partial charge on any atom is 0.167 e. The van der Waals surface area contributed by atoms with Crippen LogP contribution in [0.4, 0.5) is 0 Å². The third-order valence-corrected chi connectivity index (χ3v) is 7.63. The van der Waals surface area contributed by atoms with E-state index in [2.05, 4.69) is 53.5 Å². The fourth-order valence-electron chi connectivity index (χ4n) is 5.48. The lowest BCUT2D eigenvalue weighted by Gasteiger charge is -2.11. The van der Waals surface area contributed by atoms with Crippen molar-refractivity contribution in [2.75, 3.05) is 0 Å². The Kier molecular flexibility index (Phi) is 6.05. The lowest BCUT2D eigenvalue weighted by Crippen LogP contribution is -2.00. The topological polar surface area (TPSA) is 64.7 Å². The van der Waals surface area contributed by atoms with Gasteiger partial charge in [-0.3, -0.25) is 4.98 Å². The molecule has 0 saturated heterocycles. The molecule has 0 fully saturated rings. The second-order valence-corrected chi connectivity index (χ2v) is 10.4. The monoisotopic (exact) mass is 552 g/mol. The van der Waals surface area contributed by atoms with E-state index >= 15 is 0 Å². The van der Waals surface area contributed by atoms with Gasteiger partial charge in [-0.25, -0.2) is 15.0 Å². The van der Waals surface area contributed by atoms with Crippen molar-refractivity contribution in [1.82, 2.24) is 19.9 Å². The molecule has 5 aromatic carbocycles. The van der Waals surface area contributed by atoms with Crippen LogP contribution in [0.15, 0.2) is 150 Å². The summed E-state index contributed by atoms with van der Waals surface area (Å²) in [6.07, 6.45) is 3.67. The standard InChI is InChI=1S/C38H24N4O/c1-3-10-27(11-4-1)36-40-37(28-12-5-2-6-13-28)42-38(41-36)33-23-30(22-32-31-15-7-8-16-34(31)43-35(32)33)26-19-17-25(18-20-26)29-14-9-21-39-24-29/h1-24H. The summed E-state index contributed by atoms with van der Waals surface area (Å²) in [5, 5.41) is 2.07. The van der Waals surface area contributed by atoms with Gasteiger partial charge in [-0.1, -0.05) is 109 Å². The Bertz CT molecular complexity index is 2150. The number of furan rings is 1. The summed E-state index contributed by atoms with van der Waals surface area (Å²) in [6, 6.07) is 45.1. The molecule has 0 saturated carbocycles. The highest BCUT2D eigenvalue weighted by Gasteiger charge is 2.19. The molecule has 0 amide bonds. The molecule has 0 bridgehead atoms. The second-order valence-electron chi connectivity index (χ2n) is 10.4. The average molecular weight is 553 g/mol. The normalized spacial score (nSPS) is 11.3. The third kappa shape index (κ3) is 4.63. The fraction of sp³-hybridized carbons (Fsp3) is 0. The van der Waals surface area contributed by atoms with Crippen molar-refractivity contribution in [2.24, 2.45) is 0 Å². The molecule has 5 nitrogen and oxygen atoms in total. The molecule has 3 heterocycles. The highest BCUT2D eigenvalue weighted by molar-refractivity contribution is 6.11. The van der Waals surface area contributed by atoms with E-state index in [1.807, 2.05) is 91.1 Å². The molecular weight excluding hydrogens is 528 g/mol. The van der Waals surface area contributed by atoms with E-state index in [4.69, 9.17) is 19.4 Å². The maximum absolute atomic E-state index is 6.49. The lowest BCUT2D eigenvalue weighted by molar-refractivity contribution is 0.669. The number of benzene rings is 5. The minimum absolute atomic E-state index is 0.561. The van der Waals surface area contributed by atoms with Crippen LogP contribution in [0.5, 0.6) is 0 Å². The van der Waals surface area contributed by atoms with Gasteiger partial charge < -0.3 is 4.42 Å². The van der Waals surface area contributed by atoms with E-state index in [1.54, 1.807) is 6.20 Å². The van der Waals surface area contributed by atoms with Crippen LogP contribution in [0.2, 0.25) is 0 Å². The van der Waals surface area contributed by atoms with Crippen molar-refractivity contribution in [3.05, 3.63) is 146 Å². The summed E-state index contributed by atoms with van der Waals surface area (Å²) >= 11 is 0. The summed E-state index contributed by atoms with van der Waals surface area (Å²) in [5.74, 6) is 1.78. The highest BCUT2D eigenvalue weighted by atomic mass is 16.3. The number of hydrogen-bond acceptors (Lipinski definition) is 5. The van der Waals surface area contributed by atoms with Gasteiger partial charge in [0, 0.05) is 34.3 Å². The number of pyridine rings is 1. The minimum atomic E-state index is 0.561. The fourth-order valence-corrected chi connectivity index (χ4v) is 5.48. The van der Waals surface area contributed by atoms with Crippen LogP contribution >= 0.6 is 0 Å². The zero-order chi connectivity index (χ0) is 28.6. The Morgan fingerprint density at radius 1 is 0.419 bits per heavy atom. The van der Waals surface area contributed by atoms with Crippen LogP contribution in [0, 0.1) is 0 Å². The van der Waals surface area contributed by atoms with Gasteiger partial charge in [0.2, 0.25) is 0 Å². The zero-order valence-electron chi connectivity index (χ0n) is 23.1. The summed E-state index contributed by atoms with van der Waals surface area (Å²) in [6.45, 7) is 0. The number of rotatable bonds is 5. The quantitative estimate of drug-likeness (QED) is 0.213. The Labute approximate surface area is 248 Å². The van der Waals surface area contributed by atoms with E-state index < -0.39 is 0 Å². The van der Waals surface area contributed by atoms with E-state index in [-0.39, 0.29) is 0 Å². The Morgan fingerprint density at radius 2 is 1.00 bits per heavy atom. The Hall–Kier alpha value is -5.94. The van der Waals surface area contributed by atoms with Crippen molar-refractivity contribution >= 4 is 21.9 Å². The highest BCUT2D eigenvalue weighted by Crippen LogP contribution is 2.39. The average Bonchev–Trinajstić information content (AvgIpc) is 3.48. The van der Waals surface area contributed by atoms with Crippen molar-refractivity contribution in [2.45, 2.75) is 0 Å². The largest absolute Gasteiger partial charge is 0.455 e. The molecule has 0 aliphatic rings. The molecule has 8 rings (SSSR count). The smallest absolute Gasteiger partial charge is 0.167 e. The second kappa shape index (κ2) is 10.5. The summed E-state index contributed by atoms with van der Waals surface area (Å²) in [7, 11) is 0. The van der Waals surface area contributed by atoms with Crippen LogP contribution in [-0.2, 0) is 0 Å². The number of para-hydroxylation sites is 1. The SMILES string of the molecule is c1ccc(-c2nc(-c3ccccc3)nc(-c3cc(-c4ccc(-c5cccnc5)cc4)cc4c3oc3ccccc34)n2)cc1. The first kappa shape index (κ1) is 24.8. The van der Waals surface area contributed by atoms with Crippen molar-refractivity contribution < 1.29 is 4.42 Å². The van der Waals surface area contributed by atoms with Crippen LogP contribution in [0.3, 0.4) is 0 Å². The molecule has 0 spiro atoms. The number of aromatic nitrogens is 4. The van der Waals surface area contributed by atoms with Crippen LogP contribution < -0.4 is 0 Å². The molecule has 5 heteroatoms. The molecule has 0 aliphatic heterocycles. The number of nitrogens with zero attached hydrogens (tertiary/aromatic N) is 4. The Balaban J connectivity index is 1.36. The van der Waals surface area contributed by atoms with E-state index in [0.717, 1.165) is 60.9 Å². The molecule has 3 aromatic heterocycles. The number of hydrogen-bond donors (Lipinski definition) is 0. The van der Waals surface area contributed by atoms with Crippen molar-refractivity contribution in [3.63, 3.8) is 0 Å². The van der Waals surface area contributed by atoms with Gasteiger partial charge in [0.1, 0.15) is 11.2 Å². The predicted molar refractivity (Wildman–Crippen MR) is 172 cm³/mol.